The summed E-state index contributed by atoms with van der Waals surface area (Å²) in [6, 6.07) is 5.31. The van der Waals surface area contributed by atoms with Gasteiger partial charge in [0.2, 0.25) is 5.95 Å². The molecule has 1 fully saturated rings. The molecule has 10 heteroatoms. The van der Waals surface area contributed by atoms with Crippen LogP contribution < -0.4 is 15.4 Å². The molecule has 0 unspecified atom stereocenters. The fourth-order valence-electron chi connectivity index (χ4n) is 3.36. The van der Waals surface area contributed by atoms with E-state index >= 15 is 0 Å². The molecule has 1 aliphatic rings. The van der Waals surface area contributed by atoms with E-state index in [0.29, 0.717) is 41.1 Å². The van der Waals surface area contributed by atoms with E-state index in [0.717, 1.165) is 11.3 Å². The normalized spacial score (nSPS) is 13.4. The molecule has 158 valence electrons. The molecule has 3 aromatic heterocycles. The Bertz CT molecular complexity index is 1260. The van der Waals surface area contributed by atoms with E-state index in [9.17, 15) is 4.79 Å². The van der Waals surface area contributed by atoms with Gasteiger partial charge in [0.05, 0.1) is 37.0 Å². The Morgan fingerprint density at radius 1 is 1.26 bits per heavy atom. The number of nitrogens with one attached hydrogen (secondary N) is 2. The van der Waals surface area contributed by atoms with Gasteiger partial charge in [-0.2, -0.15) is 10.1 Å². The van der Waals surface area contributed by atoms with Crippen molar-refractivity contribution in [2.75, 3.05) is 19.0 Å². The zero-order valence-corrected chi connectivity index (χ0v) is 17.2. The second-order valence-corrected chi connectivity index (χ2v) is 7.59. The van der Waals surface area contributed by atoms with E-state index in [2.05, 4.69) is 30.8 Å². The second-order valence-electron chi connectivity index (χ2n) is 7.59. The zero-order chi connectivity index (χ0) is 21.4. The summed E-state index contributed by atoms with van der Waals surface area (Å²) in [6.45, 7) is 0.709. The maximum atomic E-state index is 12.5. The summed E-state index contributed by atoms with van der Waals surface area (Å²) in [5.74, 6) is 1.38. The lowest BCUT2D eigenvalue weighted by Crippen LogP contribution is -2.25. The van der Waals surface area contributed by atoms with Crippen molar-refractivity contribution >= 4 is 23.2 Å². The molecule has 5 rings (SSSR count). The number of aryl methyl sites for hydroxylation is 1. The number of methoxy groups -OCH3 is 1. The highest BCUT2D eigenvalue weighted by atomic mass is 16.5. The van der Waals surface area contributed by atoms with Gasteiger partial charge in [-0.05, 0) is 30.9 Å². The molecule has 1 amide bonds. The largest absolute Gasteiger partial charge is 0.496 e. The molecule has 0 saturated heterocycles. The van der Waals surface area contributed by atoms with E-state index < -0.39 is 0 Å². The van der Waals surface area contributed by atoms with Gasteiger partial charge in [-0.15, -0.1) is 5.10 Å². The van der Waals surface area contributed by atoms with Crippen molar-refractivity contribution in [3.05, 3.63) is 48.5 Å². The maximum absolute atomic E-state index is 12.5. The fourth-order valence-corrected chi connectivity index (χ4v) is 3.36. The van der Waals surface area contributed by atoms with Crippen LogP contribution in [0.15, 0.2) is 43.0 Å². The number of fused-ring (bicyclic) bond motifs is 1. The SMILES string of the molecule is COc1cc(Nc2nc3cncc(-c4cnn(C)c4)n3n2)ccc1C(=O)NCC1CC1. The number of ether oxygens (including phenoxy) is 1. The minimum atomic E-state index is -0.131. The van der Waals surface area contributed by atoms with Crippen LogP contribution in [0.5, 0.6) is 5.75 Å². The van der Waals surface area contributed by atoms with Crippen LogP contribution in [0, 0.1) is 5.92 Å². The van der Waals surface area contributed by atoms with Gasteiger partial charge in [-0.3, -0.25) is 14.5 Å². The zero-order valence-electron chi connectivity index (χ0n) is 17.2. The molecule has 31 heavy (non-hydrogen) atoms. The quantitative estimate of drug-likeness (QED) is 0.474. The van der Waals surface area contributed by atoms with Gasteiger partial charge in [0.25, 0.3) is 5.91 Å². The Balaban J connectivity index is 1.39. The van der Waals surface area contributed by atoms with Gasteiger partial charge >= 0.3 is 0 Å². The van der Waals surface area contributed by atoms with Gasteiger partial charge < -0.3 is 15.4 Å². The molecule has 4 aromatic rings. The predicted octanol–water partition coefficient (Wildman–Crippen LogP) is 2.42. The Morgan fingerprint density at radius 2 is 2.13 bits per heavy atom. The Labute approximate surface area is 178 Å². The lowest BCUT2D eigenvalue weighted by molar-refractivity contribution is 0.0949. The Kier molecular flexibility index (Phi) is 4.73. The summed E-state index contributed by atoms with van der Waals surface area (Å²) in [7, 11) is 3.40. The monoisotopic (exact) mass is 418 g/mol. The predicted molar refractivity (Wildman–Crippen MR) is 114 cm³/mol. The number of benzene rings is 1. The van der Waals surface area contributed by atoms with Crippen LogP contribution >= 0.6 is 0 Å². The van der Waals surface area contributed by atoms with Crippen molar-refractivity contribution in [3.8, 4) is 17.0 Å². The van der Waals surface area contributed by atoms with E-state index in [1.165, 1.54) is 12.8 Å². The first-order chi connectivity index (χ1) is 15.1. The van der Waals surface area contributed by atoms with Crippen molar-refractivity contribution in [3.63, 3.8) is 0 Å². The third-order valence-electron chi connectivity index (χ3n) is 5.20. The topological polar surface area (TPSA) is 111 Å². The van der Waals surface area contributed by atoms with Crippen LogP contribution in [-0.4, -0.2) is 48.9 Å². The van der Waals surface area contributed by atoms with Crippen LogP contribution in [0.25, 0.3) is 16.9 Å². The number of aromatic nitrogens is 6. The van der Waals surface area contributed by atoms with E-state index in [1.807, 2.05) is 13.2 Å². The Hall–Kier alpha value is -3.95. The minimum Gasteiger partial charge on any atom is -0.496 e. The molecule has 1 saturated carbocycles. The molecule has 0 radical (unpaired) electrons. The van der Waals surface area contributed by atoms with E-state index in [1.54, 1.807) is 53.1 Å². The van der Waals surface area contributed by atoms with Crippen molar-refractivity contribution in [2.45, 2.75) is 12.8 Å². The third kappa shape index (κ3) is 3.91. The number of hydrogen-bond acceptors (Lipinski definition) is 7. The lowest BCUT2D eigenvalue weighted by atomic mass is 10.1. The summed E-state index contributed by atoms with van der Waals surface area (Å²) < 4.78 is 8.87. The molecule has 1 aliphatic carbocycles. The number of nitrogens with zero attached hydrogens (tertiary/aromatic N) is 6. The summed E-state index contributed by atoms with van der Waals surface area (Å²) in [6.07, 6.45) is 9.38. The number of carbonyl (C=O) groups is 1. The molecule has 0 spiro atoms. The smallest absolute Gasteiger partial charge is 0.255 e. The lowest BCUT2D eigenvalue weighted by Gasteiger charge is -2.11. The summed E-state index contributed by atoms with van der Waals surface area (Å²) in [5.41, 5.74) is 3.49. The highest BCUT2D eigenvalue weighted by Gasteiger charge is 2.23. The first kappa shape index (κ1) is 19.0. The van der Waals surface area contributed by atoms with Crippen molar-refractivity contribution in [2.24, 2.45) is 13.0 Å². The van der Waals surface area contributed by atoms with Gasteiger partial charge in [-0.1, -0.05) is 0 Å². The molecule has 0 atom stereocenters. The average molecular weight is 418 g/mol. The first-order valence-electron chi connectivity index (χ1n) is 10.0. The van der Waals surface area contributed by atoms with Gasteiger partial charge in [0.1, 0.15) is 5.75 Å². The highest BCUT2D eigenvalue weighted by molar-refractivity contribution is 5.97. The van der Waals surface area contributed by atoms with Crippen LogP contribution in [-0.2, 0) is 7.05 Å². The van der Waals surface area contributed by atoms with Crippen LogP contribution in [0.1, 0.15) is 23.2 Å². The Morgan fingerprint density at radius 3 is 2.87 bits per heavy atom. The maximum Gasteiger partial charge on any atom is 0.255 e. The molecular formula is C21H22N8O2. The van der Waals surface area contributed by atoms with Crippen molar-refractivity contribution in [1.29, 1.82) is 0 Å². The second kappa shape index (κ2) is 7.71. The molecule has 0 aliphatic heterocycles. The summed E-state index contributed by atoms with van der Waals surface area (Å²) >= 11 is 0. The molecule has 10 nitrogen and oxygen atoms in total. The van der Waals surface area contributed by atoms with Crippen LogP contribution in [0.3, 0.4) is 0 Å². The first-order valence-corrected chi connectivity index (χ1v) is 10.0. The van der Waals surface area contributed by atoms with Crippen LogP contribution in [0.2, 0.25) is 0 Å². The van der Waals surface area contributed by atoms with Gasteiger partial charge in [0, 0.05) is 37.1 Å². The van der Waals surface area contributed by atoms with Gasteiger partial charge in [-0.25, -0.2) is 4.52 Å². The van der Waals surface area contributed by atoms with Crippen molar-refractivity contribution < 1.29 is 9.53 Å². The minimum absolute atomic E-state index is 0.131. The molecule has 1 aromatic carbocycles. The van der Waals surface area contributed by atoms with E-state index in [4.69, 9.17) is 4.74 Å². The summed E-state index contributed by atoms with van der Waals surface area (Å²) in [5, 5.41) is 14.9. The number of anilines is 2. The molecule has 2 N–H and O–H groups in total. The number of amides is 1. The molecule has 0 bridgehead atoms. The van der Waals surface area contributed by atoms with E-state index in [-0.39, 0.29) is 5.91 Å². The number of carbonyl (C=O) groups excluding carboxylic acids is 1. The average Bonchev–Trinajstić information content (AvgIpc) is 3.36. The fraction of sp³-hybridized carbons (Fsp3) is 0.286. The summed E-state index contributed by atoms with van der Waals surface area (Å²) in [4.78, 5) is 21.2. The number of rotatable bonds is 7. The standard InChI is InChI=1S/C21H22N8O2/c1-28-12-14(9-24-28)17-10-22-11-19-26-21(27-29(17)19)25-15-5-6-16(18(7-15)31-2)20(30)23-8-13-3-4-13/h5-7,9-13H,3-4,8H2,1-2H3,(H,23,30)(H,25,27). The van der Waals surface area contributed by atoms with Gasteiger partial charge in [0.15, 0.2) is 5.65 Å². The third-order valence-corrected chi connectivity index (χ3v) is 5.20. The highest BCUT2D eigenvalue weighted by Crippen LogP contribution is 2.29. The number of hydrogen-bond donors (Lipinski definition) is 2. The molecule has 3 heterocycles. The van der Waals surface area contributed by atoms with Crippen LogP contribution in [0.4, 0.5) is 11.6 Å². The molecular weight excluding hydrogens is 396 g/mol. The van der Waals surface area contributed by atoms with Crippen molar-refractivity contribution in [1.82, 2.24) is 34.7 Å².